The molecule has 0 heteroatoms. The third kappa shape index (κ3) is 4.49. The molecule has 0 nitrogen and oxygen atoms in total. The summed E-state index contributed by atoms with van der Waals surface area (Å²) in [5.41, 5.74) is 21.3. The molecule has 0 amide bonds. The summed E-state index contributed by atoms with van der Waals surface area (Å²) in [5.74, 6) is 0. The number of aryl methyl sites for hydroxylation is 2. The van der Waals surface area contributed by atoms with Crippen LogP contribution in [0.1, 0.15) is 86.1 Å². The number of hydrogen-bond donors (Lipinski definition) is 0. The molecule has 0 heterocycles. The molecule has 0 saturated carbocycles. The monoisotopic (exact) mass is 608 g/mol. The van der Waals surface area contributed by atoms with Crippen LogP contribution in [-0.2, 0) is 16.2 Å². The van der Waals surface area contributed by atoms with Crippen molar-refractivity contribution in [3.05, 3.63) is 166 Å². The van der Waals surface area contributed by atoms with Gasteiger partial charge in [0.1, 0.15) is 0 Å². The summed E-state index contributed by atoms with van der Waals surface area (Å²) >= 11 is 0. The van der Waals surface area contributed by atoms with Crippen molar-refractivity contribution in [3.63, 3.8) is 0 Å². The third-order valence-electron chi connectivity index (χ3n) is 11.5. The Morgan fingerprint density at radius 3 is 1.11 bits per heavy atom. The van der Waals surface area contributed by atoms with Crippen LogP contribution in [-0.4, -0.2) is 0 Å². The Kier molecular flexibility index (Phi) is 6.42. The van der Waals surface area contributed by atoms with Crippen LogP contribution in [0, 0.1) is 13.8 Å². The molecule has 2 aliphatic rings. The fourth-order valence-electron chi connectivity index (χ4n) is 8.43. The first-order valence-corrected chi connectivity index (χ1v) is 17.1. The van der Waals surface area contributed by atoms with Gasteiger partial charge in [0, 0.05) is 16.2 Å². The fourth-order valence-corrected chi connectivity index (χ4v) is 8.43. The third-order valence-corrected chi connectivity index (χ3v) is 11.5. The van der Waals surface area contributed by atoms with Gasteiger partial charge in [-0.15, -0.1) is 0 Å². The molecule has 0 fully saturated rings. The number of rotatable bonds is 4. The van der Waals surface area contributed by atoms with Crippen LogP contribution in [0.4, 0.5) is 0 Å². The lowest BCUT2D eigenvalue weighted by atomic mass is 9.73. The highest BCUT2D eigenvalue weighted by Gasteiger charge is 2.39. The predicted molar refractivity (Wildman–Crippen MR) is 200 cm³/mol. The summed E-state index contributed by atoms with van der Waals surface area (Å²) in [5, 5.41) is 0. The summed E-state index contributed by atoms with van der Waals surface area (Å²) in [6, 6.07) is 46.3. The first-order chi connectivity index (χ1) is 22.4. The summed E-state index contributed by atoms with van der Waals surface area (Å²) in [7, 11) is 0. The van der Waals surface area contributed by atoms with Gasteiger partial charge in [-0.05, 0) is 104 Å². The number of fused-ring (bicyclic) bond motifs is 6. The van der Waals surface area contributed by atoms with Crippen LogP contribution in [0.5, 0.6) is 0 Å². The van der Waals surface area contributed by atoms with Crippen LogP contribution in [0.3, 0.4) is 0 Å². The minimum Gasteiger partial charge on any atom is -0.0614 e. The molecule has 232 valence electrons. The zero-order valence-electron chi connectivity index (χ0n) is 29.0. The van der Waals surface area contributed by atoms with Gasteiger partial charge in [-0.3, -0.25) is 0 Å². The summed E-state index contributed by atoms with van der Waals surface area (Å²) < 4.78 is 0. The average Bonchev–Trinajstić information content (AvgIpc) is 3.43. The first kappa shape index (κ1) is 29.7. The molecule has 47 heavy (non-hydrogen) atoms. The second kappa shape index (κ2) is 10.2. The Bertz CT molecular complexity index is 2080. The van der Waals surface area contributed by atoms with Gasteiger partial charge in [-0.2, -0.15) is 0 Å². The van der Waals surface area contributed by atoms with Crippen molar-refractivity contribution < 1.29 is 0 Å². The summed E-state index contributed by atoms with van der Waals surface area (Å²) in [6.45, 7) is 18.7. The van der Waals surface area contributed by atoms with Gasteiger partial charge in [-0.1, -0.05) is 162 Å². The average molecular weight is 609 g/mol. The van der Waals surface area contributed by atoms with Gasteiger partial charge in [0.2, 0.25) is 0 Å². The van der Waals surface area contributed by atoms with Crippen molar-refractivity contribution in [2.45, 2.75) is 71.6 Å². The van der Waals surface area contributed by atoms with E-state index in [1.807, 2.05) is 0 Å². The molecule has 6 aromatic carbocycles. The molecule has 0 aromatic heterocycles. The highest BCUT2D eigenvalue weighted by molar-refractivity contribution is 5.85. The molecule has 0 aliphatic heterocycles. The molecule has 6 aromatic rings. The van der Waals surface area contributed by atoms with Gasteiger partial charge < -0.3 is 0 Å². The number of hydrogen-bond acceptors (Lipinski definition) is 0. The molecule has 0 atom stereocenters. The first-order valence-electron chi connectivity index (χ1n) is 17.1. The van der Waals surface area contributed by atoms with Crippen molar-refractivity contribution >= 4 is 0 Å². The predicted octanol–water partition coefficient (Wildman–Crippen LogP) is 12.6. The maximum Gasteiger partial charge on any atom is 0.0159 e. The van der Waals surface area contributed by atoms with E-state index in [1.54, 1.807) is 0 Å². The highest BCUT2D eigenvalue weighted by Crippen LogP contribution is 2.53. The van der Waals surface area contributed by atoms with Crippen molar-refractivity contribution in [1.29, 1.82) is 0 Å². The largest absolute Gasteiger partial charge is 0.0614 e. The van der Waals surface area contributed by atoms with Gasteiger partial charge in [0.15, 0.2) is 0 Å². The molecule has 8 rings (SSSR count). The van der Waals surface area contributed by atoms with Crippen molar-refractivity contribution in [2.75, 3.05) is 0 Å². The van der Waals surface area contributed by atoms with Crippen LogP contribution in [0.2, 0.25) is 0 Å². The minimum atomic E-state index is -0.154. The van der Waals surface area contributed by atoms with Crippen molar-refractivity contribution in [2.24, 2.45) is 0 Å². The van der Waals surface area contributed by atoms with E-state index in [1.165, 1.54) is 89.0 Å². The Morgan fingerprint density at radius 2 is 0.723 bits per heavy atom. The van der Waals surface area contributed by atoms with E-state index >= 15 is 0 Å². The van der Waals surface area contributed by atoms with E-state index in [2.05, 4.69) is 177 Å². The molecular formula is C47H44. The lowest BCUT2D eigenvalue weighted by Crippen LogP contribution is -2.22. The minimum absolute atomic E-state index is 0.0762. The smallest absolute Gasteiger partial charge is 0.0159 e. The lowest BCUT2D eigenvalue weighted by molar-refractivity contribution is 0.618. The summed E-state index contributed by atoms with van der Waals surface area (Å²) in [6.07, 6.45) is 0. The Morgan fingerprint density at radius 1 is 0.383 bits per heavy atom. The molecular weight excluding hydrogens is 565 g/mol. The van der Waals surface area contributed by atoms with Gasteiger partial charge in [0.25, 0.3) is 0 Å². The van der Waals surface area contributed by atoms with Crippen molar-refractivity contribution in [1.82, 2.24) is 0 Å². The van der Waals surface area contributed by atoms with Gasteiger partial charge >= 0.3 is 0 Å². The second-order valence-electron chi connectivity index (χ2n) is 15.7. The van der Waals surface area contributed by atoms with Crippen LogP contribution >= 0.6 is 0 Å². The zero-order valence-corrected chi connectivity index (χ0v) is 29.0. The van der Waals surface area contributed by atoms with E-state index < -0.39 is 0 Å². The SMILES string of the molecule is Cc1cccc(-c2ccc3c(c2)C(C)(C)c2cc(C(C)(C)c4ccc5c(c4)C(C)(C)c4cc(-c6cccc(C)c6)ccc4-5)ccc2-3)c1. The molecule has 0 unspecified atom stereocenters. The quantitative estimate of drug-likeness (QED) is 0.187. The van der Waals surface area contributed by atoms with Crippen LogP contribution < -0.4 is 0 Å². The Labute approximate surface area is 281 Å². The van der Waals surface area contributed by atoms with Crippen LogP contribution in [0.25, 0.3) is 44.5 Å². The Balaban J connectivity index is 1.16. The molecule has 0 bridgehead atoms. The molecule has 0 radical (unpaired) electrons. The normalized spacial score (nSPS) is 15.1. The van der Waals surface area contributed by atoms with E-state index in [4.69, 9.17) is 0 Å². The van der Waals surface area contributed by atoms with E-state index in [0.717, 1.165) is 0 Å². The van der Waals surface area contributed by atoms with E-state index in [-0.39, 0.29) is 16.2 Å². The van der Waals surface area contributed by atoms with E-state index in [0.29, 0.717) is 0 Å². The Hall–Kier alpha value is -4.68. The topological polar surface area (TPSA) is 0 Å². The summed E-state index contributed by atoms with van der Waals surface area (Å²) in [4.78, 5) is 0. The van der Waals surface area contributed by atoms with Gasteiger partial charge in [0.05, 0.1) is 0 Å². The molecule has 0 saturated heterocycles. The molecule has 0 N–H and O–H groups in total. The van der Waals surface area contributed by atoms with Crippen molar-refractivity contribution in [3.8, 4) is 44.5 Å². The number of benzene rings is 6. The van der Waals surface area contributed by atoms with E-state index in [9.17, 15) is 0 Å². The molecule has 0 spiro atoms. The maximum absolute atomic E-state index is 2.50. The van der Waals surface area contributed by atoms with Gasteiger partial charge in [-0.25, -0.2) is 0 Å². The highest BCUT2D eigenvalue weighted by atomic mass is 14.4. The standard InChI is InChI=1S/C47H44/c1-29-11-9-13-31(23-29)33-15-19-37-39-21-17-35(27-43(39)46(5,6)41(37)25-33)45(3,4)36-18-22-40-38-20-16-34(32-14-10-12-30(2)24-32)26-42(38)47(7,8)44(40)28-36/h9-28H,1-8H3. The zero-order chi connectivity index (χ0) is 32.9. The lowest BCUT2D eigenvalue weighted by Gasteiger charge is -2.30. The second-order valence-corrected chi connectivity index (χ2v) is 15.7. The maximum atomic E-state index is 2.50. The molecule has 2 aliphatic carbocycles. The van der Waals surface area contributed by atoms with Crippen LogP contribution in [0.15, 0.2) is 121 Å². The fraction of sp³-hybridized carbons (Fsp3) is 0.234.